The van der Waals surface area contributed by atoms with E-state index in [1.807, 2.05) is 4.90 Å². The number of amides is 1. The van der Waals surface area contributed by atoms with Gasteiger partial charge in [-0.3, -0.25) is 10.1 Å². The van der Waals surface area contributed by atoms with Gasteiger partial charge < -0.3 is 9.64 Å². The van der Waals surface area contributed by atoms with Crippen molar-refractivity contribution in [3.63, 3.8) is 0 Å². The Morgan fingerprint density at radius 1 is 1.43 bits per heavy atom. The molecule has 0 bridgehead atoms. The molecule has 21 heavy (non-hydrogen) atoms. The highest BCUT2D eigenvalue weighted by atomic mass is 32.1. The second-order valence-corrected chi connectivity index (χ2v) is 7.24. The molecule has 0 aromatic carbocycles. The van der Waals surface area contributed by atoms with Crippen LogP contribution >= 0.6 is 11.3 Å². The molecule has 3 fully saturated rings. The Bertz CT molecular complexity index is 506. The summed E-state index contributed by atoms with van der Waals surface area (Å²) < 4.78 is 5.81. The summed E-state index contributed by atoms with van der Waals surface area (Å²) in [5.41, 5.74) is 0.988. The molecule has 2 atom stereocenters. The summed E-state index contributed by atoms with van der Waals surface area (Å²) in [5.74, 6) is 0.300. The molecule has 1 aromatic heterocycles. The lowest BCUT2D eigenvalue weighted by Crippen LogP contribution is -2.35. The average Bonchev–Trinajstić information content (AvgIpc) is 2.99. The number of nitrogens with one attached hydrogen (secondary N) is 1. The molecule has 1 saturated carbocycles. The van der Waals surface area contributed by atoms with Crippen LogP contribution in [-0.4, -0.2) is 35.6 Å². The molecule has 1 N–H and O–H groups in total. The first-order valence-corrected chi connectivity index (χ1v) is 8.95. The van der Waals surface area contributed by atoms with E-state index in [1.54, 1.807) is 11.3 Å². The van der Waals surface area contributed by atoms with Crippen LogP contribution in [0.3, 0.4) is 0 Å². The number of carbonyl (C=O) groups excluding carboxylic acids is 1. The highest BCUT2D eigenvalue weighted by molar-refractivity contribution is 7.07. The normalized spacial score (nSPS) is 31.0. The molecule has 2 saturated heterocycles. The predicted octanol–water partition coefficient (Wildman–Crippen LogP) is 2.67. The summed E-state index contributed by atoms with van der Waals surface area (Å²) in [6.45, 7) is 1.69. The third-order valence-corrected chi connectivity index (χ3v) is 5.67. The zero-order chi connectivity index (χ0) is 14.3. The minimum absolute atomic E-state index is 0.0647. The molecule has 2 aliphatic heterocycles. The maximum Gasteiger partial charge on any atom is 0.244 e. The topological polar surface area (TPSA) is 41.6 Å². The molecule has 5 heteroatoms. The zero-order valence-corrected chi connectivity index (χ0v) is 13.0. The molecule has 1 aliphatic carbocycles. The van der Waals surface area contributed by atoms with Gasteiger partial charge in [0.05, 0.1) is 6.10 Å². The van der Waals surface area contributed by atoms with Gasteiger partial charge in [-0.15, -0.1) is 0 Å². The van der Waals surface area contributed by atoms with Gasteiger partial charge in [0.15, 0.2) is 0 Å². The highest BCUT2D eigenvalue weighted by Gasteiger charge is 2.59. The van der Waals surface area contributed by atoms with Crippen molar-refractivity contribution >= 4 is 17.2 Å². The number of rotatable bonds is 4. The largest absolute Gasteiger partial charge is 0.378 e. The van der Waals surface area contributed by atoms with Gasteiger partial charge >= 0.3 is 0 Å². The summed E-state index contributed by atoms with van der Waals surface area (Å²) in [4.78, 5) is 14.7. The van der Waals surface area contributed by atoms with Crippen molar-refractivity contribution in [2.75, 3.05) is 13.2 Å². The molecule has 114 valence electrons. The maximum absolute atomic E-state index is 12.7. The SMILES string of the molecule is O=C1N(CCC2CCCCO2)C(c2ccsc2)NC12CC2. The predicted molar refractivity (Wildman–Crippen MR) is 82.1 cm³/mol. The van der Waals surface area contributed by atoms with Crippen LogP contribution in [0.25, 0.3) is 0 Å². The summed E-state index contributed by atoms with van der Waals surface area (Å²) in [7, 11) is 0. The number of hydrogen-bond acceptors (Lipinski definition) is 4. The van der Waals surface area contributed by atoms with Gasteiger partial charge in [0, 0.05) is 13.2 Å². The number of ether oxygens (including phenoxy) is 1. The van der Waals surface area contributed by atoms with Crippen LogP contribution in [0, 0.1) is 0 Å². The van der Waals surface area contributed by atoms with E-state index in [0.29, 0.717) is 12.0 Å². The third-order valence-electron chi connectivity index (χ3n) is 4.97. The van der Waals surface area contributed by atoms with Gasteiger partial charge in [0.1, 0.15) is 11.7 Å². The third kappa shape index (κ3) is 2.51. The molecule has 3 aliphatic rings. The standard InChI is InChI=1S/C16H22N2O2S/c19-15-16(6-7-16)17-14(12-5-10-21-11-12)18(15)8-4-13-3-1-2-9-20-13/h5,10-11,13-14,17H,1-4,6-9H2. The van der Waals surface area contributed by atoms with Crippen molar-refractivity contribution in [3.05, 3.63) is 22.4 Å². The Labute approximate surface area is 129 Å². The second kappa shape index (κ2) is 5.38. The molecule has 4 nitrogen and oxygen atoms in total. The summed E-state index contributed by atoms with van der Waals surface area (Å²) in [5, 5.41) is 7.81. The molecular formula is C16H22N2O2S. The van der Waals surface area contributed by atoms with E-state index in [9.17, 15) is 4.79 Å². The van der Waals surface area contributed by atoms with Crippen LogP contribution in [0.15, 0.2) is 16.8 Å². The van der Waals surface area contributed by atoms with Crippen LogP contribution in [-0.2, 0) is 9.53 Å². The number of carbonyl (C=O) groups is 1. The Hall–Kier alpha value is -0.910. The van der Waals surface area contributed by atoms with E-state index in [-0.39, 0.29) is 11.7 Å². The molecule has 1 amide bonds. The zero-order valence-electron chi connectivity index (χ0n) is 12.2. The van der Waals surface area contributed by atoms with Crippen LogP contribution in [0.1, 0.15) is 50.3 Å². The summed E-state index contributed by atoms with van der Waals surface area (Å²) in [6, 6.07) is 2.13. The Morgan fingerprint density at radius 2 is 2.33 bits per heavy atom. The maximum atomic E-state index is 12.7. The van der Waals surface area contributed by atoms with E-state index in [1.165, 1.54) is 18.4 Å². The van der Waals surface area contributed by atoms with Gasteiger partial charge in [-0.25, -0.2) is 0 Å². The Kier molecular flexibility index (Phi) is 3.52. The molecule has 3 heterocycles. The quantitative estimate of drug-likeness (QED) is 0.930. The first-order chi connectivity index (χ1) is 10.3. The van der Waals surface area contributed by atoms with E-state index >= 15 is 0 Å². The van der Waals surface area contributed by atoms with Crippen LogP contribution in [0.4, 0.5) is 0 Å². The second-order valence-electron chi connectivity index (χ2n) is 6.46. The molecular weight excluding hydrogens is 284 g/mol. The highest BCUT2D eigenvalue weighted by Crippen LogP contribution is 2.46. The van der Waals surface area contributed by atoms with E-state index in [0.717, 1.165) is 38.8 Å². The Morgan fingerprint density at radius 3 is 3.00 bits per heavy atom. The van der Waals surface area contributed by atoms with Crippen molar-refractivity contribution in [2.45, 2.75) is 56.3 Å². The van der Waals surface area contributed by atoms with Crippen LogP contribution < -0.4 is 5.32 Å². The van der Waals surface area contributed by atoms with Crippen molar-refractivity contribution in [1.82, 2.24) is 10.2 Å². The number of thiophene rings is 1. The van der Waals surface area contributed by atoms with Crippen LogP contribution in [0.5, 0.6) is 0 Å². The lowest BCUT2D eigenvalue weighted by atomic mass is 10.1. The molecule has 1 aromatic rings. The monoisotopic (exact) mass is 306 g/mol. The van der Waals surface area contributed by atoms with Gasteiger partial charge in [-0.1, -0.05) is 0 Å². The fraction of sp³-hybridized carbons (Fsp3) is 0.688. The minimum Gasteiger partial charge on any atom is -0.378 e. The van der Waals surface area contributed by atoms with E-state index in [4.69, 9.17) is 4.74 Å². The van der Waals surface area contributed by atoms with E-state index in [2.05, 4.69) is 22.1 Å². The van der Waals surface area contributed by atoms with Gasteiger partial charge in [0.2, 0.25) is 5.91 Å². The van der Waals surface area contributed by atoms with Crippen molar-refractivity contribution in [1.29, 1.82) is 0 Å². The van der Waals surface area contributed by atoms with Gasteiger partial charge in [-0.05, 0) is 60.9 Å². The van der Waals surface area contributed by atoms with Crippen molar-refractivity contribution in [2.24, 2.45) is 0 Å². The lowest BCUT2D eigenvalue weighted by Gasteiger charge is -2.28. The lowest BCUT2D eigenvalue weighted by molar-refractivity contribution is -0.131. The van der Waals surface area contributed by atoms with Gasteiger partial charge in [-0.2, -0.15) is 11.3 Å². The number of nitrogens with zero attached hydrogens (tertiary/aromatic N) is 1. The molecule has 2 unspecified atom stereocenters. The molecule has 1 spiro atoms. The fourth-order valence-corrected chi connectivity index (χ4v) is 4.20. The summed E-state index contributed by atoms with van der Waals surface area (Å²) >= 11 is 1.69. The molecule has 4 rings (SSSR count). The Balaban J connectivity index is 1.46. The smallest absolute Gasteiger partial charge is 0.244 e. The summed E-state index contributed by atoms with van der Waals surface area (Å²) in [6.07, 6.45) is 6.93. The first kappa shape index (κ1) is 13.7. The van der Waals surface area contributed by atoms with E-state index < -0.39 is 0 Å². The minimum atomic E-state index is -0.236. The molecule has 0 radical (unpaired) electrons. The van der Waals surface area contributed by atoms with Crippen LogP contribution in [0.2, 0.25) is 0 Å². The van der Waals surface area contributed by atoms with Crippen molar-refractivity contribution in [3.8, 4) is 0 Å². The average molecular weight is 306 g/mol. The fourth-order valence-electron chi connectivity index (χ4n) is 3.52. The number of hydrogen-bond donors (Lipinski definition) is 1. The van der Waals surface area contributed by atoms with Gasteiger partial charge in [0.25, 0.3) is 0 Å². The van der Waals surface area contributed by atoms with Crippen molar-refractivity contribution < 1.29 is 9.53 Å². The first-order valence-electron chi connectivity index (χ1n) is 8.01.